The summed E-state index contributed by atoms with van der Waals surface area (Å²) in [6.07, 6.45) is 6.77. The Bertz CT molecular complexity index is 1130. The Morgan fingerprint density at radius 1 is 1.21 bits per heavy atom. The molecule has 33 heavy (non-hydrogen) atoms. The van der Waals surface area contributed by atoms with Gasteiger partial charge in [-0.1, -0.05) is 23.0 Å². The van der Waals surface area contributed by atoms with Crippen molar-refractivity contribution < 1.29 is 13.7 Å². The molecule has 0 atom stereocenters. The topological polar surface area (TPSA) is 97.0 Å². The molecule has 0 bridgehead atoms. The van der Waals surface area contributed by atoms with E-state index in [9.17, 15) is 13.7 Å². The van der Waals surface area contributed by atoms with Crippen molar-refractivity contribution in [2.45, 2.75) is 12.8 Å². The van der Waals surface area contributed by atoms with E-state index in [4.69, 9.17) is 0 Å². The monoisotopic (exact) mass is 465 g/mol. The number of hydrogen-bond donors (Lipinski definition) is 2. The Morgan fingerprint density at radius 3 is 2.73 bits per heavy atom. The number of nitrogens with zero attached hydrogens (tertiary/aromatic N) is 3. The molecule has 1 aliphatic heterocycles. The molecule has 4 rings (SSSR count). The largest absolute Gasteiger partial charge is 0.616 e. The number of halogens is 1. The van der Waals surface area contributed by atoms with Crippen LogP contribution in [0.1, 0.15) is 33.5 Å². The van der Waals surface area contributed by atoms with E-state index >= 15 is 0 Å². The van der Waals surface area contributed by atoms with Crippen molar-refractivity contribution in [3.63, 3.8) is 0 Å². The maximum absolute atomic E-state index is 13.2. The highest BCUT2D eigenvalue weighted by atomic mass is 32.2. The van der Waals surface area contributed by atoms with Crippen LogP contribution in [0.5, 0.6) is 0 Å². The van der Waals surface area contributed by atoms with E-state index in [0.717, 1.165) is 18.4 Å². The lowest BCUT2D eigenvalue weighted by atomic mass is 10.1. The third-order valence-electron chi connectivity index (χ3n) is 5.27. The molecule has 3 heterocycles. The van der Waals surface area contributed by atoms with Crippen molar-refractivity contribution in [2.24, 2.45) is 0 Å². The van der Waals surface area contributed by atoms with Crippen LogP contribution >= 0.6 is 0 Å². The summed E-state index contributed by atoms with van der Waals surface area (Å²) in [6.45, 7) is 1.76. The van der Waals surface area contributed by atoms with Crippen LogP contribution < -0.4 is 10.2 Å². The first-order chi connectivity index (χ1) is 16.1. The summed E-state index contributed by atoms with van der Waals surface area (Å²) >= 11 is -0.816. The van der Waals surface area contributed by atoms with Crippen LogP contribution in [-0.4, -0.2) is 56.8 Å². The zero-order chi connectivity index (χ0) is 23.0. The van der Waals surface area contributed by atoms with E-state index in [1.165, 1.54) is 12.1 Å². The minimum Gasteiger partial charge on any atom is -0.616 e. The van der Waals surface area contributed by atoms with Gasteiger partial charge in [-0.15, -0.1) is 0 Å². The normalized spacial score (nSPS) is 13.9. The summed E-state index contributed by atoms with van der Waals surface area (Å²) < 4.78 is 25.0. The third-order valence-corrected chi connectivity index (χ3v) is 6.55. The number of pyridine rings is 1. The van der Waals surface area contributed by atoms with E-state index in [1.54, 1.807) is 30.6 Å². The fourth-order valence-corrected chi connectivity index (χ4v) is 4.51. The van der Waals surface area contributed by atoms with Crippen molar-refractivity contribution in [1.82, 2.24) is 20.5 Å². The number of amides is 1. The fourth-order valence-electron chi connectivity index (χ4n) is 3.46. The second-order valence-electron chi connectivity index (χ2n) is 7.65. The van der Waals surface area contributed by atoms with Crippen molar-refractivity contribution in [3.05, 3.63) is 77.0 Å². The summed E-state index contributed by atoms with van der Waals surface area (Å²) in [5, 5.41) is 9.61. The number of H-pyrrole nitrogens is 1. The second-order valence-corrected chi connectivity index (χ2v) is 9.35. The van der Waals surface area contributed by atoms with Gasteiger partial charge >= 0.3 is 0 Å². The quantitative estimate of drug-likeness (QED) is 0.331. The van der Waals surface area contributed by atoms with Gasteiger partial charge in [0.15, 0.2) is 0 Å². The van der Waals surface area contributed by atoms with E-state index in [-0.39, 0.29) is 11.7 Å². The molecule has 1 aliphatic rings. The van der Waals surface area contributed by atoms with E-state index in [0.29, 0.717) is 53.6 Å². The van der Waals surface area contributed by atoms with Crippen molar-refractivity contribution in [2.75, 3.05) is 36.0 Å². The number of anilines is 1. The average molecular weight is 466 g/mol. The number of rotatable bonds is 6. The molecule has 0 saturated carbocycles. The SMILES string of the molecule is O=C(NCCCc1cn[nH]c1)c1cnc(N2CC[S+]([O-])CC2)c(C#Cc2ccc(F)cc2)c1. The summed E-state index contributed by atoms with van der Waals surface area (Å²) in [4.78, 5) is 19.3. The molecule has 170 valence electrons. The van der Waals surface area contributed by atoms with Gasteiger partial charge in [-0.05, 0) is 48.7 Å². The van der Waals surface area contributed by atoms with Crippen molar-refractivity contribution in [3.8, 4) is 11.8 Å². The number of carbonyl (C=O) groups is 1. The molecule has 0 spiro atoms. The molecule has 0 unspecified atom stereocenters. The number of carbonyl (C=O) groups excluding carboxylic acids is 1. The molecule has 7 nitrogen and oxygen atoms in total. The van der Waals surface area contributed by atoms with Gasteiger partial charge in [-0.2, -0.15) is 5.10 Å². The Labute approximate surface area is 195 Å². The molecule has 2 aromatic heterocycles. The third kappa shape index (κ3) is 6.34. The van der Waals surface area contributed by atoms with E-state index < -0.39 is 11.2 Å². The zero-order valence-electron chi connectivity index (χ0n) is 18.0. The Balaban J connectivity index is 1.50. The average Bonchev–Trinajstić information content (AvgIpc) is 3.35. The maximum atomic E-state index is 13.2. The lowest BCUT2D eigenvalue weighted by Crippen LogP contribution is -2.41. The number of benzene rings is 1. The molecule has 2 N–H and O–H groups in total. The maximum Gasteiger partial charge on any atom is 0.252 e. The first kappa shape index (κ1) is 22.8. The Kier molecular flexibility index (Phi) is 7.60. The number of hydrogen-bond acceptors (Lipinski definition) is 5. The van der Waals surface area contributed by atoms with E-state index in [2.05, 4.69) is 32.3 Å². The van der Waals surface area contributed by atoms with Gasteiger partial charge in [0.2, 0.25) is 0 Å². The zero-order valence-corrected chi connectivity index (χ0v) is 18.8. The first-order valence-electron chi connectivity index (χ1n) is 10.7. The number of nitrogens with one attached hydrogen (secondary N) is 2. The minimum absolute atomic E-state index is 0.217. The van der Waals surface area contributed by atoms with Gasteiger partial charge in [0, 0.05) is 24.5 Å². The van der Waals surface area contributed by atoms with Crippen LogP contribution in [-0.2, 0) is 17.6 Å². The summed E-state index contributed by atoms with van der Waals surface area (Å²) in [6, 6.07) is 7.66. The van der Waals surface area contributed by atoms with Crippen LogP contribution in [0.2, 0.25) is 0 Å². The predicted molar refractivity (Wildman–Crippen MR) is 126 cm³/mol. The van der Waals surface area contributed by atoms with E-state index in [1.807, 2.05) is 11.1 Å². The van der Waals surface area contributed by atoms with Gasteiger partial charge in [0.1, 0.15) is 23.1 Å². The summed E-state index contributed by atoms with van der Waals surface area (Å²) in [5.74, 6) is 7.40. The standard InChI is InChI=1S/C24H24FN5O2S/c25-22-7-4-18(5-8-22)3-6-20-14-21(17-27-23(20)30-10-12-33(32)13-11-30)24(31)26-9-1-2-19-15-28-29-16-19/h4-5,7-8,14-17H,1-2,9-13H2,(H,26,31)(H,28,29). The lowest BCUT2D eigenvalue weighted by molar-refractivity contribution is 0.0953. The summed E-state index contributed by atoms with van der Waals surface area (Å²) in [7, 11) is 0. The smallest absolute Gasteiger partial charge is 0.252 e. The fraction of sp³-hybridized carbons (Fsp3) is 0.292. The van der Waals surface area contributed by atoms with Crippen LogP contribution in [0, 0.1) is 17.7 Å². The van der Waals surface area contributed by atoms with Gasteiger partial charge < -0.3 is 14.8 Å². The molecular weight excluding hydrogens is 441 g/mol. The second kappa shape index (κ2) is 11.0. The molecule has 1 aromatic carbocycles. The number of aromatic nitrogens is 3. The summed E-state index contributed by atoms with van der Waals surface area (Å²) in [5.41, 5.74) is 2.79. The van der Waals surface area contributed by atoms with Crippen molar-refractivity contribution >= 4 is 22.9 Å². The first-order valence-corrected chi connectivity index (χ1v) is 12.2. The molecule has 1 amide bonds. The highest BCUT2D eigenvalue weighted by Gasteiger charge is 2.23. The van der Waals surface area contributed by atoms with Gasteiger partial charge in [-0.3, -0.25) is 9.89 Å². The Hall–Kier alpha value is -3.35. The lowest BCUT2D eigenvalue weighted by Gasteiger charge is -2.29. The molecule has 0 aliphatic carbocycles. The van der Waals surface area contributed by atoms with Crippen LogP contribution in [0.25, 0.3) is 0 Å². The number of aromatic amines is 1. The molecule has 0 radical (unpaired) electrons. The Morgan fingerprint density at radius 2 is 2.00 bits per heavy atom. The van der Waals surface area contributed by atoms with Crippen LogP contribution in [0.4, 0.5) is 10.2 Å². The molecule has 3 aromatic rings. The molecule has 1 saturated heterocycles. The van der Waals surface area contributed by atoms with Crippen LogP contribution in [0.3, 0.4) is 0 Å². The van der Waals surface area contributed by atoms with Gasteiger partial charge in [-0.25, -0.2) is 9.37 Å². The van der Waals surface area contributed by atoms with Gasteiger partial charge in [0.05, 0.1) is 30.4 Å². The highest BCUT2D eigenvalue weighted by Crippen LogP contribution is 2.21. The number of aryl methyl sites for hydroxylation is 1. The van der Waals surface area contributed by atoms with Crippen LogP contribution in [0.15, 0.2) is 48.9 Å². The molecule has 9 heteroatoms. The molecule has 1 fully saturated rings. The predicted octanol–water partition coefficient (Wildman–Crippen LogP) is 2.27. The minimum atomic E-state index is -0.816. The van der Waals surface area contributed by atoms with Crippen molar-refractivity contribution in [1.29, 1.82) is 0 Å². The molecular formula is C24H24FN5O2S. The van der Waals surface area contributed by atoms with Gasteiger partial charge in [0.25, 0.3) is 5.91 Å². The highest BCUT2D eigenvalue weighted by molar-refractivity contribution is 7.91.